The minimum atomic E-state index is -0.551. The molecule has 2 heterocycles. The quantitative estimate of drug-likeness (QED) is 0.147. The molecule has 1 aromatic heterocycles. The lowest BCUT2D eigenvalue weighted by Crippen LogP contribution is -2.33. The molecule has 0 saturated carbocycles. The lowest BCUT2D eigenvalue weighted by atomic mass is 9.65. The van der Waals surface area contributed by atoms with Crippen LogP contribution in [0.1, 0.15) is 22.3 Å². The van der Waals surface area contributed by atoms with Crippen molar-refractivity contribution in [3.8, 4) is 72.4 Å². The zero-order valence-electron chi connectivity index (χ0n) is 43.3. The van der Waals surface area contributed by atoms with Crippen LogP contribution in [0, 0.1) is 0 Å². The van der Waals surface area contributed by atoms with Crippen LogP contribution in [0.2, 0.25) is 0 Å². The van der Waals surface area contributed by atoms with Crippen LogP contribution in [-0.4, -0.2) is 4.57 Å². The number of aromatic nitrogens is 1. The SMILES string of the molecule is c1ccc(-c2ccc(-c3ccc(N(c4ccccc4-c4ccccc4-c4ccccc4)c4ccc(-c5ccc6c(c5)C5(c7ccccc7-6)c6ccccc6-n6c7ccccc7c7cccc5c76)c5ccccc45)cc3)cc2)cc1. The summed E-state index contributed by atoms with van der Waals surface area (Å²) in [5, 5.41) is 4.92. The number of hydrogen-bond donors (Lipinski definition) is 0. The Morgan fingerprint density at radius 3 is 1.52 bits per heavy atom. The molecule has 0 N–H and O–H groups in total. The maximum absolute atomic E-state index is 2.53. The lowest BCUT2D eigenvalue weighted by Gasteiger charge is -2.39. The molecular weight excluding hydrogens is 953 g/mol. The molecule has 0 fully saturated rings. The predicted octanol–water partition coefficient (Wildman–Crippen LogP) is 20.4. The van der Waals surface area contributed by atoms with Crippen LogP contribution in [-0.2, 0) is 5.41 Å². The van der Waals surface area contributed by atoms with E-state index in [1.54, 1.807) is 0 Å². The van der Waals surface area contributed by atoms with Gasteiger partial charge in [0.2, 0.25) is 0 Å². The number of anilines is 3. The molecule has 1 spiro atoms. The Labute approximate surface area is 460 Å². The highest BCUT2D eigenvalue weighted by molar-refractivity contribution is 6.13. The third-order valence-corrected chi connectivity index (χ3v) is 17.0. The van der Waals surface area contributed by atoms with Crippen LogP contribution in [0.25, 0.3) is 105 Å². The number of fused-ring (bicyclic) bond motifs is 13. The van der Waals surface area contributed by atoms with E-state index in [0.29, 0.717) is 0 Å². The second-order valence-electron chi connectivity index (χ2n) is 21.1. The van der Waals surface area contributed by atoms with Gasteiger partial charge >= 0.3 is 0 Å². The highest BCUT2D eigenvalue weighted by atomic mass is 15.1. The second kappa shape index (κ2) is 17.9. The fraction of sp³-hybridized carbons (Fsp3) is 0.0130. The van der Waals surface area contributed by atoms with Gasteiger partial charge in [-0.3, -0.25) is 0 Å². The van der Waals surface area contributed by atoms with Crippen molar-refractivity contribution in [1.82, 2.24) is 4.57 Å². The van der Waals surface area contributed by atoms with Crippen molar-refractivity contribution in [3.05, 3.63) is 326 Å². The van der Waals surface area contributed by atoms with Gasteiger partial charge in [-0.25, -0.2) is 0 Å². The molecule has 1 atom stereocenters. The molecule has 13 aromatic carbocycles. The smallest absolute Gasteiger partial charge is 0.0754 e. The Morgan fingerprint density at radius 1 is 0.253 bits per heavy atom. The van der Waals surface area contributed by atoms with Crippen LogP contribution >= 0.6 is 0 Å². The van der Waals surface area contributed by atoms with Crippen molar-refractivity contribution >= 4 is 49.6 Å². The van der Waals surface area contributed by atoms with Crippen LogP contribution in [0.3, 0.4) is 0 Å². The van der Waals surface area contributed by atoms with Crippen molar-refractivity contribution in [2.75, 3.05) is 4.90 Å². The summed E-state index contributed by atoms with van der Waals surface area (Å²) in [5.41, 5.74) is 26.2. The van der Waals surface area contributed by atoms with Gasteiger partial charge in [-0.05, 0) is 131 Å². The molecule has 2 aliphatic rings. The summed E-state index contributed by atoms with van der Waals surface area (Å²) in [7, 11) is 0. The summed E-state index contributed by atoms with van der Waals surface area (Å²) in [4.78, 5) is 2.48. The first-order valence-electron chi connectivity index (χ1n) is 27.4. The Hall–Kier alpha value is -10.3. The molecule has 1 unspecified atom stereocenters. The predicted molar refractivity (Wildman–Crippen MR) is 331 cm³/mol. The molecule has 79 heavy (non-hydrogen) atoms. The molecule has 1 aliphatic carbocycles. The summed E-state index contributed by atoms with van der Waals surface area (Å²) in [6, 6.07) is 112. The standard InChI is InChI=1S/C77H50N2/c1-3-20-51(21-4-1)52-38-40-53(41-39-52)54-42-45-57(46-43-54)78(72-35-16-12-29-64(72)60-25-8-7-24-58(60)55-22-5-2-6-23-55)74-49-48-59(61-26-9-10-28-65(61)74)56-44-47-63-62-27-11-14-32-68(62)77(71(63)50-56)69-33-15-18-37-75(69)79-73-36-17-13-30-66(73)67-31-19-34-70(77)76(67)79/h1-50H. The minimum absolute atomic E-state index is 0.551. The average molecular weight is 1000 g/mol. The van der Waals surface area contributed by atoms with E-state index in [-0.39, 0.29) is 0 Å². The molecule has 0 amide bonds. The monoisotopic (exact) mass is 1000 g/mol. The van der Waals surface area contributed by atoms with Crippen molar-refractivity contribution < 1.29 is 0 Å². The van der Waals surface area contributed by atoms with E-state index in [0.717, 1.165) is 22.6 Å². The van der Waals surface area contributed by atoms with E-state index in [1.807, 2.05) is 0 Å². The summed E-state index contributed by atoms with van der Waals surface area (Å²) in [5.74, 6) is 0. The van der Waals surface area contributed by atoms with E-state index in [4.69, 9.17) is 0 Å². The fourth-order valence-electron chi connectivity index (χ4n) is 13.6. The van der Waals surface area contributed by atoms with Crippen molar-refractivity contribution in [3.63, 3.8) is 0 Å². The third-order valence-electron chi connectivity index (χ3n) is 17.0. The van der Waals surface area contributed by atoms with Gasteiger partial charge in [-0.15, -0.1) is 0 Å². The minimum Gasteiger partial charge on any atom is -0.309 e. The van der Waals surface area contributed by atoms with Gasteiger partial charge in [0.25, 0.3) is 0 Å². The normalized spacial score (nSPS) is 13.9. The van der Waals surface area contributed by atoms with E-state index in [9.17, 15) is 0 Å². The van der Waals surface area contributed by atoms with Gasteiger partial charge in [0.1, 0.15) is 0 Å². The zero-order valence-corrected chi connectivity index (χ0v) is 43.3. The average Bonchev–Trinajstić information content (AvgIpc) is 3.91. The van der Waals surface area contributed by atoms with Gasteiger partial charge in [0.05, 0.1) is 33.5 Å². The molecule has 14 aromatic rings. The third kappa shape index (κ3) is 6.78. The molecule has 2 nitrogen and oxygen atoms in total. The first-order chi connectivity index (χ1) is 39.2. The number of hydrogen-bond acceptors (Lipinski definition) is 1. The highest BCUT2D eigenvalue weighted by Crippen LogP contribution is 2.62. The van der Waals surface area contributed by atoms with Gasteiger partial charge in [0.15, 0.2) is 0 Å². The molecular formula is C77H50N2. The highest BCUT2D eigenvalue weighted by Gasteiger charge is 2.51. The molecule has 0 bridgehead atoms. The topological polar surface area (TPSA) is 8.17 Å². The Morgan fingerprint density at radius 2 is 0.759 bits per heavy atom. The van der Waals surface area contributed by atoms with E-state index in [1.165, 1.54) is 122 Å². The van der Waals surface area contributed by atoms with Crippen LogP contribution < -0.4 is 4.90 Å². The van der Waals surface area contributed by atoms with Crippen molar-refractivity contribution in [1.29, 1.82) is 0 Å². The largest absolute Gasteiger partial charge is 0.309 e. The molecule has 368 valence electrons. The molecule has 16 rings (SSSR count). The van der Waals surface area contributed by atoms with Crippen LogP contribution in [0.4, 0.5) is 17.1 Å². The second-order valence-corrected chi connectivity index (χ2v) is 21.1. The Balaban J connectivity index is 0.888. The Kier molecular flexibility index (Phi) is 10.2. The zero-order chi connectivity index (χ0) is 52.0. The molecule has 0 radical (unpaired) electrons. The fourth-order valence-corrected chi connectivity index (χ4v) is 13.6. The van der Waals surface area contributed by atoms with Crippen molar-refractivity contribution in [2.24, 2.45) is 0 Å². The number of nitrogens with zero attached hydrogens (tertiary/aromatic N) is 2. The van der Waals surface area contributed by atoms with Crippen LogP contribution in [0.15, 0.2) is 303 Å². The summed E-state index contributed by atoms with van der Waals surface area (Å²) < 4.78 is 2.53. The van der Waals surface area contributed by atoms with Crippen molar-refractivity contribution in [2.45, 2.75) is 5.41 Å². The maximum Gasteiger partial charge on any atom is 0.0754 e. The van der Waals surface area contributed by atoms with Gasteiger partial charge in [-0.1, -0.05) is 261 Å². The van der Waals surface area contributed by atoms with E-state index in [2.05, 4.69) is 313 Å². The van der Waals surface area contributed by atoms with Crippen LogP contribution in [0.5, 0.6) is 0 Å². The summed E-state index contributed by atoms with van der Waals surface area (Å²) in [6.45, 7) is 0. The number of rotatable bonds is 8. The van der Waals surface area contributed by atoms with Gasteiger partial charge in [0, 0.05) is 27.4 Å². The van der Waals surface area contributed by atoms with E-state index >= 15 is 0 Å². The summed E-state index contributed by atoms with van der Waals surface area (Å²) in [6.07, 6.45) is 0. The number of benzene rings is 13. The van der Waals surface area contributed by atoms with E-state index < -0.39 is 5.41 Å². The molecule has 0 saturated heterocycles. The number of para-hydroxylation sites is 4. The first kappa shape index (κ1) is 45.0. The molecule has 1 aliphatic heterocycles. The maximum atomic E-state index is 2.53. The Bertz CT molecular complexity index is 4700. The lowest BCUT2D eigenvalue weighted by molar-refractivity contribution is 0.749. The first-order valence-corrected chi connectivity index (χ1v) is 27.4. The van der Waals surface area contributed by atoms with Gasteiger partial charge in [-0.2, -0.15) is 0 Å². The summed E-state index contributed by atoms with van der Waals surface area (Å²) >= 11 is 0. The molecule has 2 heteroatoms. The van der Waals surface area contributed by atoms with Gasteiger partial charge < -0.3 is 9.47 Å².